The summed E-state index contributed by atoms with van der Waals surface area (Å²) >= 11 is 0. The molecular weight excluding hydrogens is 201 g/mol. The summed E-state index contributed by atoms with van der Waals surface area (Å²) < 4.78 is 13.6. The van der Waals surface area contributed by atoms with Gasteiger partial charge in [0.2, 0.25) is 0 Å². The van der Waals surface area contributed by atoms with Crippen molar-refractivity contribution in [1.29, 1.82) is 0 Å². The van der Waals surface area contributed by atoms with E-state index in [0.717, 1.165) is 24.9 Å². The molecule has 1 saturated heterocycles. The molecule has 1 unspecified atom stereocenters. The van der Waals surface area contributed by atoms with E-state index in [9.17, 15) is 4.39 Å². The van der Waals surface area contributed by atoms with E-state index >= 15 is 0 Å². The molecule has 1 fully saturated rings. The minimum absolute atomic E-state index is 0.0669. The molecular formula is C14H20FN. The lowest BCUT2D eigenvalue weighted by molar-refractivity contribution is 0.0893. The molecule has 1 atom stereocenters. The summed E-state index contributed by atoms with van der Waals surface area (Å²) in [5, 5.41) is 0. The minimum Gasteiger partial charge on any atom is -0.301 e. The normalized spacial score (nSPS) is 26.9. The second kappa shape index (κ2) is 4.54. The van der Waals surface area contributed by atoms with Gasteiger partial charge in [-0.1, -0.05) is 24.6 Å². The quantitative estimate of drug-likeness (QED) is 0.741. The van der Waals surface area contributed by atoms with Gasteiger partial charge in [0.15, 0.2) is 0 Å². The van der Waals surface area contributed by atoms with Crippen LogP contribution in [-0.4, -0.2) is 24.0 Å². The number of halogens is 1. The summed E-state index contributed by atoms with van der Waals surface area (Å²) in [4.78, 5) is 2.38. The minimum atomic E-state index is -0.0669. The molecule has 2 rings (SSSR count). The fourth-order valence-electron chi connectivity index (χ4n) is 2.59. The van der Waals surface area contributed by atoms with Gasteiger partial charge in [-0.05, 0) is 51.4 Å². The van der Waals surface area contributed by atoms with Crippen molar-refractivity contribution in [1.82, 2.24) is 4.90 Å². The van der Waals surface area contributed by atoms with Crippen LogP contribution in [0.3, 0.4) is 0 Å². The first-order chi connectivity index (χ1) is 7.62. The van der Waals surface area contributed by atoms with Crippen LogP contribution in [-0.2, 0) is 6.42 Å². The molecule has 0 bridgehead atoms. The van der Waals surface area contributed by atoms with Crippen LogP contribution in [0.2, 0.25) is 0 Å². The van der Waals surface area contributed by atoms with Crippen molar-refractivity contribution in [2.75, 3.05) is 13.6 Å². The van der Waals surface area contributed by atoms with E-state index in [2.05, 4.69) is 18.9 Å². The van der Waals surface area contributed by atoms with E-state index in [4.69, 9.17) is 0 Å². The maximum absolute atomic E-state index is 13.6. The molecule has 0 saturated carbocycles. The first-order valence-electron chi connectivity index (χ1n) is 6.06. The average Bonchev–Trinajstić information content (AvgIpc) is 2.26. The second-order valence-electron chi connectivity index (χ2n) is 5.14. The molecule has 1 aliphatic heterocycles. The van der Waals surface area contributed by atoms with Crippen LogP contribution in [0.15, 0.2) is 24.3 Å². The van der Waals surface area contributed by atoms with E-state index in [0.29, 0.717) is 0 Å². The Labute approximate surface area is 97.3 Å². The van der Waals surface area contributed by atoms with Gasteiger partial charge >= 0.3 is 0 Å². The van der Waals surface area contributed by atoms with Crippen molar-refractivity contribution in [3.05, 3.63) is 35.6 Å². The van der Waals surface area contributed by atoms with Crippen molar-refractivity contribution in [3.8, 4) is 0 Å². The lowest BCUT2D eigenvalue weighted by atomic mass is 9.83. The van der Waals surface area contributed by atoms with Crippen LogP contribution < -0.4 is 0 Å². The van der Waals surface area contributed by atoms with Gasteiger partial charge in [-0.25, -0.2) is 4.39 Å². The molecule has 2 heteroatoms. The lowest BCUT2D eigenvalue weighted by Crippen LogP contribution is -2.48. The molecule has 0 N–H and O–H groups in total. The molecule has 1 aromatic carbocycles. The summed E-state index contributed by atoms with van der Waals surface area (Å²) in [6, 6.07) is 7.14. The predicted molar refractivity (Wildman–Crippen MR) is 65.0 cm³/mol. The summed E-state index contributed by atoms with van der Waals surface area (Å²) in [6.07, 6.45) is 4.51. The van der Waals surface area contributed by atoms with Gasteiger partial charge in [-0.15, -0.1) is 0 Å². The standard InChI is InChI=1S/C14H20FN/c1-14(9-5-6-10-16(14)2)11-12-7-3-4-8-13(12)15/h3-4,7-8H,5-6,9-11H2,1-2H3. The van der Waals surface area contributed by atoms with Crippen molar-refractivity contribution < 1.29 is 4.39 Å². The predicted octanol–water partition coefficient (Wildman–Crippen LogP) is 3.24. The second-order valence-corrected chi connectivity index (χ2v) is 5.14. The van der Waals surface area contributed by atoms with Crippen molar-refractivity contribution in [2.45, 2.75) is 38.1 Å². The van der Waals surface area contributed by atoms with Crippen LogP contribution >= 0.6 is 0 Å². The number of nitrogens with zero attached hydrogens (tertiary/aromatic N) is 1. The highest BCUT2D eigenvalue weighted by Gasteiger charge is 2.32. The number of benzene rings is 1. The van der Waals surface area contributed by atoms with Crippen molar-refractivity contribution in [2.24, 2.45) is 0 Å². The van der Waals surface area contributed by atoms with Gasteiger partial charge in [0.25, 0.3) is 0 Å². The smallest absolute Gasteiger partial charge is 0.126 e. The monoisotopic (exact) mass is 221 g/mol. The summed E-state index contributed by atoms with van der Waals surface area (Å²) in [5.74, 6) is -0.0669. The van der Waals surface area contributed by atoms with E-state index in [1.807, 2.05) is 12.1 Å². The Morgan fingerprint density at radius 3 is 2.75 bits per heavy atom. The third-order valence-corrected chi connectivity index (χ3v) is 3.91. The SMILES string of the molecule is CN1CCCCC1(C)Cc1ccccc1F. The molecule has 1 aromatic rings. The maximum Gasteiger partial charge on any atom is 0.126 e. The number of piperidine rings is 1. The Balaban J connectivity index is 2.16. The average molecular weight is 221 g/mol. The van der Waals surface area contributed by atoms with Gasteiger partial charge in [0.1, 0.15) is 5.82 Å². The molecule has 1 aliphatic rings. The summed E-state index contributed by atoms with van der Waals surface area (Å²) in [6.45, 7) is 3.38. The fourth-order valence-corrected chi connectivity index (χ4v) is 2.59. The van der Waals surface area contributed by atoms with Crippen LogP contribution in [0.4, 0.5) is 4.39 Å². The van der Waals surface area contributed by atoms with Gasteiger partial charge < -0.3 is 4.90 Å². The molecule has 0 aromatic heterocycles. The Bertz CT molecular complexity index is 364. The number of likely N-dealkylation sites (tertiary alicyclic amines) is 1. The highest BCUT2D eigenvalue weighted by Crippen LogP contribution is 2.30. The highest BCUT2D eigenvalue weighted by molar-refractivity contribution is 5.20. The van der Waals surface area contributed by atoms with Crippen LogP contribution in [0.1, 0.15) is 31.7 Å². The Morgan fingerprint density at radius 2 is 2.06 bits per heavy atom. The van der Waals surface area contributed by atoms with Crippen molar-refractivity contribution in [3.63, 3.8) is 0 Å². The molecule has 1 heterocycles. The van der Waals surface area contributed by atoms with Crippen LogP contribution in [0.25, 0.3) is 0 Å². The van der Waals surface area contributed by atoms with E-state index in [1.54, 1.807) is 12.1 Å². The summed E-state index contributed by atoms with van der Waals surface area (Å²) in [7, 11) is 2.15. The van der Waals surface area contributed by atoms with Crippen LogP contribution in [0.5, 0.6) is 0 Å². The van der Waals surface area contributed by atoms with E-state index < -0.39 is 0 Å². The van der Waals surface area contributed by atoms with E-state index in [1.165, 1.54) is 12.8 Å². The van der Waals surface area contributed by atoms with Gasteiger partial charge in [0, 0.05) is 5.54 Å². The largest absolute Gasteiger partial charge is 0.301 e. The first-order valence-corrected chi connectivity index (χ1v) is 6.06. The fraction of sp³-hybridized carbons (Fsp3) is 0.571. The third-order valence-electron chi connectivity index (χ3n) is 3.91. The molecule has 0 spiro atoms. The van der Waals surface area contributed by atoms with Crippen LogP contribution in [0, 0.1) is 5.82 Å². The number of hydrogen-bond acceptors (Lipinski definition) is 1. The van der Waals surface area contributed by atoms with Gasteiger partial charge in [-0.2, -0.15) is 0 Å². The number of hydrogen-bond donors (Lipinski definition) is 0. The van der Waals surface area contributed by atoms with Crippen molar-refractivity contribution >= 4 is 0 Å². The number of likely N-dealkylation sites (N-methyl/N-ethyl adjacent to an activating group) is 1. The molecule has 16 heavy (non-hydrogen) atoms. The zero-order valence-corrected chi connectivity index (χ0v) is 10.2. The zero-order valence-electron chi connectivity index (χ0n) is 10.2. The highest BCUT2D eigenvalue weighted by atomic mass is 19.1. The topological polar surface area (TPSA) is 3.24 Å². The number of rotatable bonds is 2. The van der Waals surface area contributed by atoms with Gasteiger partial charge in [0.05, 0.1) is 0 Å². The molecule has 0 amide bonds. The Morgan fingerprint density at radius 1 is 1.31 bits per heavy atom. The maximum atomic E-state index is 13.6. The molecule has 0 radical (unpaired) electrons. The Kier molecular flexibility index (Phi) is 3.29. The van der Waals surface area contributed by atoms with E-state index in [-0.39, 0.29) is 11.4 Å². The first kappa shape index (κ1) is 11.6. The summed E-state index contributed by atoms with van der Waals surface area (Å²) in [5.41, 5.74) is 0.972. The molecule has 1 nitrogen and oxygen atoms in total. The molecule has 0 aliphatic carbocycles. The lowest BCUT2D eigenvalue weighted by Gasteiger charge is -2.43. The zero-order chi connectivity index (χ0) is 11.6. The molecule has 88 valence electrons. The third kappa shape index (κ3) is 2.27. The Hall–Kier alpha value is -0.890. The van der Waals surface area contributed by atoms with Gasteiger partial charge in [-0.3, -0.25) is 0 Å².